The zero-order chi connectivity index (χ0) is 13.4. The molecular formula is C14H18N4O. The minimum atomic E-state index is 0.0535. The maximum Gasteiger partial charge on any atom is 0.164 e. The minimum Gasteiger partial charge on any atom is -0.398 e. The number of nitrogens with two attached hydrogens (primary N) is 1. The monoisotopic (exact) mass is 258 g/mol. The molecule has 0 amide bonds. The molecule has 0 bridgehead atoms. The fourth-order valence-electron chi connectivity index (χ4n) is 2.55. The van der Waals surface area contributed by atoms with Crippen LogP contribution in [0.3, 0.4) is 0 Å². The second-order valence-corrected chi connectivity index (χ2v) is 4.97. The van der Waals surface area contributed by atoms with Gasteiger partial charge in [0.15, 0.2) is 11.6 Å². The summed E-state index contributed by atoms with van der Waals surface area (Å²) in [6.07, 6.45) is 2.14. The van der Waals surface area contributed by atoms with Crippen LogP contribution in [0.2, 0.25) is 0 Å². The van der Waals surface area contributed by atoms with Gasteiger partial charge in [0.1, 0.15) is 6.10 Å². The molecule has 2 heterocycles. The van der Waals surface area contributed by atoms with Crippen molar-refractivity contribution in [2.24, 2.45) is 0 Å². The number of aromatic nitrogens is 3. The van der Waals surface area contributed by atoms with Crippen molar-refractivity contribution >= 4 is 5.69 Å². The Morgan fingerprint density at radius 1 is 1.37 bits per heavy atom. The molecule has 0 radical (unpaired) electrons. The first-order valence-electron chi connectivity index (χ1n) is 6.53. The van der Waals surface area contributed by atoms with E-state index in [9.17, 15) is 0 Å². The normalized spacial score (nSPS) is 18.3. The summed E-state index contributed by atoms with van der Waals surface area (Å²) < 4.78 is 7.60. The van der Waals surface area contributed by atoms with E-state index >= 15 is 0 Å². The molecule has 0 fully saturated rings. The molecule has 0 saturated carbocycles. The number of ether oxygens (including phenoxy) is 1. The quantitative estimate of drug-likeness (QED) is 0.839. The highest BCUT2D eigenvalue weighted by Crippen LogP contribution is 2.31. The molecule has 2 aromatic rings. The van der Waals surface area contributed by atoms with Crippen molar-refractivity contribution < 1.29 is 4.74 Å². The van der Waals surface area contributed by atoms with Crippen LogP contribution in [0, 0.1) is 6.92 Å². The van der Waals surface area contributed by atoms with Crippen molar-refractivity contribution in [2.45, 2.75) is 32.4 Å². The van der Waals surface area contributed by atoms with Crippen molar-refractivity contribution in [3.63, 3.8) is 0 Å². The number of fused-ring (bicyclic) bond motifs is 1. The van der Waals surface area contributed by atoms with Crippen LogP contribution in [-0.2, 0) is 11.3 Å². The van der Waals surface area contributed by atoms with Gasteiger partial charge in [0.05, 0.1) is 0 Å². The van der Waals surface area contributed by atoms with Crippen molar-refractivity contribution in [1.29, 1.82) is 0 Å². The third kappa shape index (κ3) is 2.00. The SMILES string of the molecule is COC1CCCn2c(-c3ccc(C)c(N)c3)nnc21. The molecule has 2 N–H and O–H groups in total. The first-order valence-corrected chi connectivity index (χ1v) is 6.53. The van der Waals surface area contributed by atoms with Gasteiger partial charge in [0.2, 0.25) is 0 Å². The fourth-order valence-corrected chi connectivity index (χ4v) is 2.55. The maximum absolute atomic E-state index is 5.97. The fraction of sp³-hybridized carbons (Fsp3) is 0.429. The summed E-state index contributed by atoms with van der Waals surface area (Å²) >= 11 is 0. The molecule has 1 atom stereocenters. The first-order chi connectivity index (χ1) is 9.20. The van der Waals surface area contributed by atoms with Gasteiger partial charge in [-0.2, -0.15) is 0 Å². The summed E-state index contributed by atoms with van der Waals surface area (Å²) in [7, 11) is 1.72. The summed E-state index contributed by atoms with van der Waals surface area (Å²) in [5.74, 6) is 1.80. The van der Waals surface area contributed by atoms with Gasteiger partial charge in [-0.05, 0) is 31.4 Å². The number of nitrogens with zero attached hydrogens (tertiary/aromatic N) is 3. The Morgan fingerprint density at radius 2 is 2.21 bits per heavy atom. The Kier molecular flexibility index (Phi) is 2.98. The molecule has 5 nitrogen and oxygen atoms in total. The summed E-state index contributed by atoms with van der Waals surface area (Å²) in [6.45, 7) is 2.94. The predicted molar refractivity (Wildman–Crippen MR) is 73.6 cm³/mol. The minimum absolute atomic E-state index is 0.0535. The van der Waals surface area contributed by atoms with Crippen LogP contribution in [0.5, 0.6) is 0 Å². The van der Waals surface area contributed by atoms with Crippen LogP contribution >= 0.6 is 0 Å². The average molecular weight is 258 g/mol. The van der Waals surface area contributed by atoms with E-state index in [1.807, 2.05) is 25.1 Å². The van der Waals surface area contributed by atoms with Crippen LogP contribution in [-0.4, -0.2) is 21.9 Å². The Bertz CT molecular complexity index is 605. The number of anilines is 1. The highest BCUT2D eigenvalue weighted by Gasteiger charge is 2.25. The Hall–Kier alpha value is -1.88. The number of methoxy groups -OCH3 is 1. The van der Waals surface area contributed by atoms with Crippen molar-refractivity contribution in [1.82, 2.24) is 14.8 Å². The van der Waals surface area contributed by atoms with Crippen molar-refractivity contribution in [3.8, 4) is 11.4 Å². The van der Waals surface area contributed by atoms with E-state index in [4.69, 9.17) is 10.5 Å². The van der Waals surface area contributed by atoms with Crippen LogP contribution in [0.4, 0.5) is 5.69 Å². The zero-order valence-corrected chi connectivity index (χ0v) is 11.3. The lowest BCUT2D eigenvalue weighted by molar-refractivity contribution is 0.0719. The van der Waals surface area contributed by atoms with E-state index in [2.05, 4.69) is 14.8 Å². The van der Waals surface area contributed by atoms with E-state index in [0.29, 0.717) is 0 Å². The molecule has 1 aliphatic rings. The lowest BCUT2D eigenvalue weighted by atomic mass is 10.1. The van der Waals surface area contributed by atoms with Gasteiger partial charge < -0.3 is 15.0 Å². The summed E-state index contributed by atoms with van der Waals surface area (Å²) in [4.78, 5) is 0. The number of nitrogen functional groups attached to an aromatic ring is 1. The first kappa shape index (κ1) is 12.2. The number of aryl methyl sites for hydroxylation is 1. The maximum atomic E-state index is 5.97. The topological polar surface area (TPSA) is 66.0 Å². The van der Waals surface area contributed by atoms with Gasteiger partial charge in [0.25, 0.3) is 0 Å². The van der Waals surface area contributed by atoms with E-state index in [-0.39, 0.29) is 6.10 Å². The third-order valence-corrected chi connectivity index (χ3v) is 3.74. The average Bonchev–Trinajstić information content (AvgIpc) is 2.85. The Labute approximate surface area is 112 Å². The van der Waals surface area contributed by atoms with Crippen LogP contribution in [0.25, 0.3) is 11.4 Å². The molecule has 1 aromatic carbocycles. The van der Waals surface area contributed by atoms with E-state index < -0.39 is 0 Å². The van der Waals surface area contributed by atoms with Gasteiger partial charge in [-0.15, -0.1) is 10.2 Å². The summed E-state index contributed by atoms with van der Waals surface area (Å²) in [5.41, 5.74) is 8.85. The van der Waals surface area contributed by atoms with Crippen LogP contribution in [0.15, 0.2) is 18.2 Å². The predicted octanol–water partition coefficient (Wildman–Crippen LogP) is 2.32. The molecule has 3 rings (SSSR count). The standard InChI is InChI=1S/C14H18N4O/c1-9-5-6-10(8-11(9)15)13-16-17-14-12(19-2)4-3-7-18(13)14/h5-6,8,12H,3-4,7,15H2,1-2H3. The van der Waals surface area contributed by atoms with E-state index in [1.165, 1.54) is 0 Å². The highest BCUT2D eigenvalue weighted by atomic mass is 16.5. The van der Waals surface area contributed by atoms with Crippen molar-refractivity contribution in [2.75, 3.05) is 12.8 Å². The lowest BCUT2D eigenvalue weighted by Crippen LogP contribution is -2.18. The molecular weight excluding hydrogens is 240 g/mol. The summed E-state index contributed by atoms with van der Waals surface area (Å²) in [6, 6.07) is 6.02. The van der Waals surface area contributed by atoms with Crippen LogP contribution < -0.4 is 5.73 Å². The molecule has 100 valence electrons. The number of hydrogen-bond acceptors (Lipinski definition) is 4. The Morgan fingerprint density at radius 3 is 2.95 bits per heavy atom. The zero-order valence-electron chi connectivity index (χ0n) is 11.3. The molecule has 0 aliphatic carbocycles. The van der Waals surface area contributed by atoms with Gasteiger partial charge in [0, 0.05) is 24.9 Å². The largest absolute Gasteiger partial charge is 0.398 e. The number of rotatable bonds is 2. The molecule has 0 saturated heterocycles. The van der Waals surface area contributed by atoms with Gasteiger partial charge >= 0.3 is 0 Å². The Balaban J connectivity index is 2.06. The van der Waals surface area contributed by atoms with Crippen LogP contribution in [0.1, 0.15) is 30.3 Å². The second kappa shape index (κ2) is 4.66. The molecule has 1 unspecified atom stereocenters. The molecule has 1 aromatic heterocycles. The highest BCUT2D eigenvalue weighted by molar-refractivity contribution is 5.64. The molecule has 5 heteroatoms. The molecule has 1 aliphatic heterocycles. The molecule has 19 heavy (non-hydrogen) atoms. The van der Waals surface area contributed by atoms with Crippen molar-refractivity contribution in [3.05, 3.63) is 29.6 Å². The number of benzene rings is 1. The van der Waals surface area contributed by atoms with Gasteiger partial charge in [-0.1, -0.05) is 12.1 Å². The third-order valence-electron chi connectivity index (χ3n) is 3.74. The summed E-state index contributed by atoms with van der Waals surface area (Å²) in [5, 5.41) is 8.60. The lowest BCUT2D eigenvalue weighted by Gasteiger charge is -2.22. The molecule has 0 spiro atoms. The number of hydrogen-bond donors (Lipinski definition) is 1. The van der Waals surface area contributed by atoms with Gasteiger partial charge in [-0.3, -0.25) is 0 Å². The van der Waals surface area contributed by atoms with Gasteiger partial charge in [-0.25, -0.2) is 0 Å². The van der Waals surface area contributed by atoms with E-state index in [1.54, 1.807) is 7.11 Å². The smallest absolute Gasteiger partial charge is 0.164 e. The second-order valence-electron chi connectivity index (χ2n) is 4.97. The van der Waals surface area contributed by atoms with E-state index in [0.717, 1.165) is 47.8 Å².